The summed E-state index contributed by atoms with van der Waals surface area (Å²) in [4.78, 5) is 33.8. The summed E-state index contributed by atoms with van der Waals surface area (Å²) in [5.74, 6) is 0.518. The molecule has 2 aliphatic heterocycles. The lowest BCUT2D eigenvalue weighted by atomic mass is 9.92. The summed E-state index contributed by atoms with van der Waals surface area (Å²) < 4.78 is 5.60. The van der Waals surface area contributed by atoms with E-state index >= 15 is 0 Å². The zero-order valence-electron chi connectivity index (χ0n) is 14.9. The molecule has 0 unspecified atom stereocenters. The molecule has 1 atom stereocenters. The zero-order valence-corrected chi connectivity index (χ0v) is 14.9. The van der Waals surface area contributed by atoms with E-state index in [1.807, 2.05) is 23.1 Å². The third kappa shape index (κ3) is 3.65. The molecule has 0 aromatic carbocycles. The first-order valence-electron chi connectivity index (χ1n) is 9.58. The molecule has 2 fully saturated rings. The van der Waals surface area contributed by atoms with Gasteiger partial charge in [-0.2, -0.15) is 0 Å². The topological polar surface area (TPSA) is 75.3 Å². The maximum Gasteiger partial charge on any atom is 0.274 e. The van der Waals surface area contributed by atoms with Crippen molar-refractivity contribution in [3.8, 4) is 0 Å². The van der Waals surface area contributed by atoms with E-state index in [4.69, 9.17) is 4.74 Å². The second kappa shape index (κ2) is 7.58. The number of carbonyl (C=O) groups excluding carboxylic acids is 1. The Balaban J connectivity index is 1.36. The third-order valence-electron chi connectivity index (χ3n) is 5.61. The van der Waals surface area contributed by atoms with Crippen molar-refractivity contribution >= 4 is 16.8 Å². The van der Waals surface area contributed by atoms with Crippen LogP contribution in [-0.4, -0.2) is 46.6 Å². The van der Waals surface area contributed by atoms with E-state index in [1.165, 1.54) is 0 Å². The SMILES string of the molecule is O=C(CC[C@@H]1CCCO1)N1CCC(c2cc3cccnc3c(=O)[nH]2)CC1. The number of likely N-dealkylation sites (tertiary alicyclic amines) is 1. The van der Waals surface area contributed by atoms with E-state index < -0.39 is 0 Å². The van der Waals surface area contributed by atoms with Crippen LogP contribution in [0.2, 0.25) is 0 Å². The number of H-pyrrole nitrogens is 1. The lowest BCUT2D eigenvalue weighted by molar-refractivity contribution is -0.132. The van der Waals surface area contributed by atoms with Gasteiger partial charge in [0, 0.05) is 49.3 Å². The van der Waals surface area contributed by atoms with Gasteiger partial charge in [-0.15, -0.1) is 0 Å². The first kappa shape index (κ1) is 17.2. The predicted molar refractivity (Wildman–Crippen MR) is 99.1 cm³/mol. The van der Waals surface area contributed by atoms with Gasteiger partial charge < -0.3 is 14.6 Å². The molecular weight excluding hydrogens is 330 g/mol. The largest absolute Gasteiger partial charge is 0.378 e. The summed E-state index contributed by atoms with van der Waals surface area (Å²) in [6.07, 6.45) is 7.28. The monoisotopic (exact) mass is 355 g/mol. The molecule has 1 N–H and O–H groups in total. The van der Waals surface area contributed by atoms with Gasteiger partial charge >= 0.3 is 0 Å². The Morgan fingerprint density at radius 2 is 2.15 bits per heavy atom. The molecule has 0 aliphatic carbocycles. The molecule has 0 radical (unpaired) electrons. The molecule has 4 heterocycles. The smallest absolute Gasteiger partial charge is 0.274 e. The van der Waals surface area contributed by atoms with Crippen molar-refractivity contribution in [2.75, 3.05) is 19.7 Å². The van der Waals surface area contributed by atoms with E-state index in [0.29, 0.717) is 11.9 Å². The van der Waals surface area contributed by atoms with Gasteiger partial charge in [0.2, 0.25) is 5.91 Å². The molecule has 26 heavy (non-hydrogen) atoms. The van der Waals surface area contributed by atoms with Crippen LogP contribution in [0.5, 0.6) is 0 Å². The second-order valence-electron chi connectivity index (χ2n) is 7.32. The summed E-state index contributed by atoms with van der Waals surface area (Å²) in [5.41, 5.74) is 1.31. The van der Waals surface area contributed by atoms with Crippen molar-refractivity contribution in [1.29, 1.82) is 0 Å². The Morgan fingerprint density at radius 3 is 2.92 bits per heavy atom. The van der Waals surface area contributed by atoms with Crippen LogP contribution in [0.25, 0.3) is 10.9 Å². The van der Waals surface area contributed by atoms with E-state index in [-0.39, 0.29) is 23.5 Å². The van der Waals surface area contributed by atoms with Gasteiger partial charge in [0.05, 0.1) is 6.10 Å². The molecule has 6 heteroatoms. The maximum absolute atomic E-state index is 12.4. The predicted octanol–water partition coefficient (Wildman–Crippen LogP) is 2.59. The highest BCUT2D eigenvalue weighted by Crippen LogP contribution is 2.28. The summed E-state index contributed by atoms with van der Waals surface area (Å²) in [6.45, 7) is 2.34. The number of nitrogens with zero attached hydrogens (tertiary/aromatic N) is 2. The van der Waals surface area contributed by atoms with Crippen LogP contribution in [0, 0.1) is 0 Å². The number of hydrogen-bond acceptors (Lipinski definition) is 4. The maximum atomic E-state index is 12.4. The number of fused-ring (bicyclic) bond motifs is 1. The highest BCUT2D eigenvalue weighted by atomic mass is 16.5. The summed E-state index contributed by atoms with van der Waals surface area (Å²) in [7, 11) is 0. The first-order valence-corrected chi connectivity index (χ1v) is 9.58. The molecule has 0 saturated carbocycles. The number of piperidine rings is 1. The van der Waals surface area contributed by atoms with Gasteiger partial charge in [0.15, 0.2) is 0 Å². The van der Waals surface area contributed by atoms with Crippen LogP contribution in [-0.2, 0) is 9.53 Å². The summed E-state index contributed by atoms with van der Waals surface area (Å²) in [5, 5.41) is 0.876. The molecule has 2 saturated heterocycles. The van der Waals surface area contributed by atoms with Crippen molar-refractivity contribution in [2.24, 2.45) is 0 Å². The minimum absolute atomic E-state index is 0.131. The average Bonchev–Trinajstić information content (AvgIpc) is 3.20. The van der Waals surface area contributed by atoms with Crippen LogP contribution in [0.1, 0.15) is 50.1 Å². The fourth-order valence-electron chi connectivity index (χ4n) is 4.09. The van der Waals surface area contributed by atoms with Crippen LogP contribution in [0.15, 0.2) is 29.2 Å². The zero-order chi connectivity index (χ0) is 17.9. The molecule has 2 aliphatic rings. The van der Waals surface area contributed by atoms with E-state index in [2.05, 4.69) is 9.97 Å². The number of rotatable bonds is 4. The van der Waals surface area contributed by atoms with E-state index in [9.17, 15) is 9.59 Å². The number of ether oxygens (including phenoxy) is 1. The number of amides is 1. The molecule has 138 valence electrons. The Hall–Kier alpha value is -2.21. The van der Waals surface area contributed by atoms with E-state index in [0.717, 1.165) is 62.9 Å². The fraction of sp³-hybridized carbons (Fsp3) is 0.550. The number of hydrogen-bond donors (Lipinski definition) is 1. The number of carbonyl (C=O) groups is 1. The van der Waals surface area contributed by atoms with Crippen molar-refractivity contribution in [3.05, 3.63) is 40.4 Å². The standard InChI is InChI=1S/C20H25N3O3/c24-18(6-5-16-4-2-12-26-16)23-10-7-14(8-11-23)17-13-15-3-1-9-21-19(15)20(25)22-17/h1,3,9,13-14,16H,2,4-8,10-12H2,(H,22,25)/t16-/m0/s1. The Kier molecular flexibility index (Phi) is 5.02. The third-order valence-corrected chi connectivity index (χ3v) is 5.61. The second-order valence-corrected chi connectivity index (χ2v) is 7.32. The van der Waals surface area contributed by atoms with Crippen molar-refractivity contribution in [3.63, 3.8) is 0 Å². The van der Waals surface area contributed by atoms with Gasteiger partial charge in [-0.1, -0.05) is 6.07 Å². The van der Waals surface area contributed by atoms with Gasteiger partial charge in [-0.3, -0.25) is 14.6 Å². The van der Waals surface area contributed by atoms with Crippen LogP contribution in [0.4, 0.5) is 0 Å². The summed E-state index contributed by atoms with van der Waals surface area (Å²) >= 11 is 0. The molecule has 4 rings (SSSR count). The first-order chi connectivity index (χ1) is 12.7. The summed E-state index contributed by atoms with van der Waals surface area (Å²) in [6, 6.07) is 5.80. The van der Waals surface area contributed by atoms with Gasteiger partial charge in [-0.25, -0.2) is 0 Å². The number of nitrogens with one attached hydrogen (secondary N) is 1. The minimum Gasteiger partial charge on any atom is -0.378 e. The van der Waals surface area contributed by atoms with Crippen molar-refractivity contribution < 1.29 is 9.53 Å². The molecule has 2 aromatic heterocycles. The van der Waals surface area contributed by atoms with Crippen LogP contribution >= 0.6 is 0 Å². The van der Waals surface area contributed by atoms with Crippen LogP contribution < -0.4 is 5.56 Å². The van der Waals surface area contributed by atoms with Crippen LogP contribution in [0.3, 0.4) is 0 Å². The highest BCUT2D eigenvalue weighted by molar-refractivity contribution is 5.78. The fourth-order valence-corrected chi connectivity index (χ4v) is 4.09. The number of pyridine rings is 2. The Morgan fingerprint density at radius 1 is 1.31 bits per heavy atom. The molecule has 1 amide bonds. The molecule has 0 spiro atoms. The molecule has 2 aromatic rings. The molecular formula is C20H25N3O3. The van der Waals surface area contributed by atoms with Crippen molar-refractivity contribution in [1.82, 2.24) is 14.9 Å². The average molecular weight is 355 g/mol. The number of aromatic amines is 1. The lowest BCUT2D eigenvalue weighted by Crippen LogP contribution is -2.38. The van der Waals surface area contributed by atoms with E-state index in [1.54, 1.807) is 6.20 Å². The molecule has 0 bridgehead atoms. The minimum atomic E-state index is -0.131. The molecule has 6 nitrogen and oxygen atoms in total. The van der Waals surface area contributed by atoms with Gasteiger partial charge in [0.25, 0.3) is 5.56 Å². The van der Waals surface area contributed by atoms with Crippen molar-refractivity contribution in [2.45, 2.75) is 50.5 Å². The Labute approximate surface area is 152 Å². The normalized spacial score (nSPS) is 21.4. The number of aromatic nitrogens is 2. The van der Waals surface area contributed by atoms with Gasteiger partial charge in [-0.05, 0) is 44.2 Å². The highest BCUT2D eigenvalue weighted by Gasteiger charge is 2.25. The Bertz CT molecular complexity index is 834. The lowest BCUT2D eigenvalue weighted by Gasteiger charge is -2.32. The van der Waals surface area contributed by atoms with Gasteiger partial charge in [0.1, 0.15) is 5.52 Å². The quantitative estimate of drug-likeness (QED) is 0.915.